The lowest BCUT2D eigenvalue weighted by Crippen LogP contribution is -2.36. The van der Waals surface area contributed by atoms with E-state index in [4.69, 9.17) is 11.6 Å². The molecule has 0 amide bonds. The maximum atomic E-state index is 12.5. The molecule has 7 heteroatoms. The molecule has 2 heterocycles. The van der Waals surface area contributed by atoms with Gasteiger partial charge in [-0.1, -0.05) is 6.42 Å². The van der Waals surface area contributed by atoms with E-state index in [1.54, 1.807) is 6.92 Å². The van der Waals surface area contributed by atoms with Crippen LogP contribution in [0.5, 0.6) is 0 Å². The Hall–Kier alpha value is -0.590. The molecule has 1 aliphatic rings. The van der Waals surface area contributed by atoms with Gasteiger partial charge in [0.2, 0.25) is 10.0 Å². The highest BCUT2D eigenvalue weighted by Crippen LogP contribution is 2.25. The molecule has 1 fully saturated rings. The van der Waals surface area contributed by atoms with Crippen molar-refractivity contribution in [2.75, 3.05) is 13.1 Å². The van der Waals surface area contributed by atoms with Gasteiger partial charge in [0.25, 0.3) is 0 Å². The molecular formula is C10H16ClN3O2S. The van der Waals surface area contributed by atoms with Gasteiger partial charge >= 0.3 is 0 Å². The zero-order chi connectivity index (χ0) is 12.5. The van der Waals surface area contributed by atoms with Crippen LogP contribution >= 0.6 is 11.6 Å². The Morgan fingerprint density at radius 2 is 2.00 bits per heavy atom. The van der Waals surface area contributed by atoms with Gasteiger partial charge in [-0.3, -0.25) is 5.10 Å². The molecule has 1 aromatic heterocycles. The predicted molar refractivity (Wildman–Crippen MR) is 65.5 cm³/mol. The van der Waals surface area contributed by atoms with Crippen molar-refractivity contribution >= 4 is 21.6 Å². The molecule has 0 aliphatic carbocycles. The molecule has 5 nitrogen and oxygen atoms in total. The highest BCUT2D eigenvalue weighted by Gasteiger charge is 2.31. The van der Waals surface area contributed by atoms with E-state index in [1.807, 2.05) is 0 Å². The number of hydrogen-bond donors (Lipinski definition) is 1. The fourth-order valence-electron chi connectivity index (χ4n) is 2.14. The van der Waals surface area contributed by atoms with Crippen molar-refractivity contribution in [3.8, 4) is 0 Å². The maximum Gasteiger partial charge on any atom is 0.246 e. The average molecular weight is 278 g/mol. The predicted octanol–water partition coefficient (Wildman–Crippen LogP) is 1.63. The lowest BCUT2D eigenvalue weighted by atomic mass is 10.2. The van der Waals surface area contributed by atoms with Gasteiger partial charge in [0.15, 0.2) is 0 Å². The number of nitrogens with zero attached hydrogens (tertiary/aromatic N) is 2. The van der Waals surface area contributed by atoms with Gasteiger partial charge in [-0.25, -0.2) is 8.42 Å². The summed E-state index contributed by atoms with van der Waals surface area (Å²) < 4.78 is 26.4. The summed E-state index contributed by atoms with van der Waals surface area (Å²) >= 11 is 5.72. The monoisotopic (exact) mass is 277 g/mol. The van der Waals surface area contributed by atoms with Crippen LogP contribution in [0.4, 0.5) is 0 Å². The summed E-state index contributed by atoms with van der Waals surface area (Å²) in [6, 6.07) is 0. The summed E-state index contributed by atoms with van der Waals surface area (Å²) in [5, 5.41) is 6.63. The van der Waals surface area contributed by atoms with Crippen molar-refractivity contribution in [1.82, 2.24) is 14.5 Å². The lowest BCUT2D eigenvalue weighted by Gasteiger charge is -2.25. The van der Waals surface area contributed by atoms with Crippen molar-refractivity contribution in [3.63, 3.8) is 0 Å². The van der Waals surface area contributed by atoms with Crippen molar-refractivity contribution in [3.05, 3.63) is 11.4 Å². The molecule has 1 N–H and O–H groups in total. The van der Waals surface area contributed by atoms with Gasteiger partial charge in [0.05, 0.1) is 17.3 Å². The van der Waals surface area contributed by atoms with Crippen molar-refractivity contribution in [2.45, 2.75) is 37.0 Å². The molecule has 96 valence electrons. The number of hydrogen-bond acceptors (Lipinski definition) is 3. The molecule has 0 radical (unpaired) electrons. The normalized spacial score (nSPS) is 18.5. The summed E-state index contributed by atoms with van der Waals surface area (Å²) in [6.45, 7) is 2.89. The number of aryl methyl sites for hydroxylation is 1. The first kappa shape index (κ1) is 12.9. The largest absolute Gasteiger partial charge is 0.281 e. The number of piperidine rings is 1. The third kappa shape index (κ3) is 2.34. The van der Waals surface area contributed by atoms with Crippen LogP contribution in [0.15, 0.2) is 4.90 Å². The van der Waals surface area contributed by atoms with E-state index in [0.29, 0.717) is 24.5 Å². The van der Waals surface area contributed by atoms with Crippen molar-refractivity contribution < 1.29 is 8.42 Å². The second kappa shape index (κ2) is 4.96. The first-order valence-electron chi connectivity index (χ1n) is 5.67. The minimum absolute atomic E-state index is 0.104. The molecule has 1 aromatic rings. The Bertz CT molecular complexity index is 492. The minimum Gasteiger partial charge on any atom is -0.281 e. The van der Waals surface area contributed by atoms with Crippen LogP contribution in [0.25, 0.3) is 0 Å². The van der Waals surface area contributed by atoms with Crippen molar-refractivity contribution in [1.29, 1.82) is 0 Å². The first-order valence-corrected chi connectivity index (χ1v) is 7.65. The highest BCUT2D eigenvalue weighted by atomic mass is 35.5. The van der Waals surface area contributed by atoms with Crippen LogP contribution in [0.1, 0.15) is 30.7 Å². The fourth-order valence-corrected chi connectivity index (χ4v) is 4.25. The third-order valence-corrected chi connectivity index (χ3v) is 5.36. The van der Waals surface area contributed by atoms with E-state index >= 15 is 0 Å². The summed E-state index contributed by atoms with van der Waals surface area (Å²) in [7, 11) is -3.44. The summed E-state index contributed by atoms with van der Waals surface area (Å²) in [4.78, 5) is 0.259. The van der Waals surface area contributed by atoms with Gasteiger partial charge in [-0.2, -0.15) is 9.40 Å². The Morgan fingerprint density at radius 1 is 1.35 bits per heavy atom. The molecule has 1 saturated heterocycles. The number of H-pyrrole nitrogens is 1. The number of nitrogens with one attached hydrogen (secondary N) is 1. The molecular weight excluding hydrogens is 262 g/mol. The number of aromatic amines is 1. The topological polar surface area (TPSA) is 66.1 Å². The van der Waals surface area contributed by atoms with Gasteiger partial charge < -0.3 is 0 Å². The maximum absolute atomic E-state index is 12.5. The van der Waals surface area contributed by atoms with Crippen LogP contribution in [-0.4, -0.2) is 36.0 Å². The van der Waals surface area contributed by atoms with Crippen LogP contribution in [-0.2, 0) is 15.9 Å². The lowest BCUT2D eigenvalue weighted by molar-refractivity contribution is 0.346. The molecule has 17 heavy (non-hydrogen) atoms. The molecule has 0 aromatic carbocycles. The number of sulfonamides is 1. The van der Waals surface area contributed by atoms with Gasteiger partial charge in [-0.05, 0) is 19.8 Å². The zero-order valence-corrected chi connectivity index (χ0v) is 11.3. The summed E-state index contributed by atoms with van der Waals surface area (Å²) in [6.07, 6.45) is 2.94. The van der Waals surface area contributed by atoms with Crippen molar-refractivity contribution in [2.24, 2.45) is 0 Å². The number of halogens is 1. The van der Waals surface area contributed by atoms with Crippen LogP contribution < -0.4 is 0 Å². The van der Waals surface area contributed by atoms with Crippen LogP contribution in [0.3, 0.4) is 0 Å². The Kier molecular flexibility index (Phi) is 3.75. The van der Waals surface area contributed by atoms with E-state index in [2.05, 4.69) is 10.2 Å². The van der Waals surface area contributed by atoms with E-state index < -0.39 is 10.0 Å². The number of rotatable bonds is 3. The smallest absolute Gasteiger partial charge is 0.246 e. The SMILES string of the molecule is Cc1[nH]nc(CCl)c1S(=O)(=O)N1CCCCC1. The van der Waals surface area contributed by atoms with E-state index in [-0.39, 0.29) is 10.8 Å². The average Bonchev–Trinajstić information content (AvgIpc) is 2.72. The summed E-state index contributed by atoms with van der Waals surface area (Å²) in [5.74, 6) is 0.104. The number of alkyl halides is 1. The van der Waals surface area contributed by atoms with E-state index in [0.717, 1.165) is 19.3 Å². The second-order valence-electron chi connectivity index (χ2n) is 4.22. The Balaban J connectivity index is 2.39. The van der Waals surface area contributed by atoms with Crippen LogP contribution in [0, 0.1) is 6.92 Å². The molecule has 1 aliphatic heterocycles. The molecule has 0 unspecified atom stereocenters. The quantitative estimate of drug-likeness (QED) is 0.854. The second-order valence-corrected chi connectivity index (χ2v) is 6.36. The van der Waals surface area contributed by atoms with E-state index in [1.165, 1.54) is 4.31 Å². The molecule has 0 spiro atoms. The summed E-state index contributed by atoms with van der Waals surface area (Å²) in [5.41, 5.74) is 0.973. The fraction of sp³-hybridized carbons (Fsp3) is 0.700. The number of aromatic nitrogens is 2. The van der Waals surface area contributed by atoms with Gasteiger partial charge in [0.1, 0.15) is 4.90 Å². The van der Waals surface area contributed by atoms with Crippen LogP contribution in [0.2, 0.25) is 0 Å². The van der Waals surface area contributed by atoms with Gasteiger partial charge in [-0.15, -0.1) is 11.6 Å². The standard InChI is InChI=1S/C10H16ClN3O2S/c1-8-10(9(7-11)13-12-8)17(15,16)14-5-3-2-4-6-14/h2-7H2,1H3,(H,12,13). The molecule has 0 saturated carbocycles. The molecule has 0 atom stereocenters. The molecule has 0 bridgehead atoms. The minimum atomic E-state index is -3.44. The zero-order valence-electron chi connectivity index (χ0n) is 9.74. The first-order chi connectivity index (χ1) is 8.07. The Morgan fingerprint density at radius 3 is 2.59 bits per heavy atom. The Labute approximate surface area is 106 Å². The van der Waals surface area contributed by atoms with Gasteiger partial charge in [0, 0.05) is 13.1 Å². The molecule has 2 rings (SSSR count). The third-order valence-electron chi connectivity index (χ3n) is 3.00. The highest BCUT2D eigenvalue weighted by molar-refractivity contribution is 7.89. The van der Waals surface area contributed by atoms with E-state index in [9.17, 15) is 8.42 Å².